The Labute approximate surface area is 175 Å². The van der Waals surface area contributed by atoms with E-state index in [-0.39, 0.29) is 23.8 Å². The van der Waals surface area contributed by atoms with Crippen molar-refractivity contribution in [1.29, 1.82) is 0 Å². The third-order valence-corrected chi connectivity index (χ3v) is 6.18. The number of aromatic nitrogens is 2. The number of piperidine rings is 1. The summed E-state index contributed by atoms with van der Waals surface area (Å²) in [5.41, 5.74) is 2.32. The van der Waals surface area contributed by atoms with Gasteiger partial charge in [-0.1, -0.05) is 11.6 Å². The number of nitrogens with zero attached hydrogens (tertiary/aromatic N) is 4. The van der Waals surface area contributed by atoms with Crippen molar-refractivity contribution in [3.63, 3.8) is 0 Å². The number of carbonyl (C=O) groups is 1. The maximum absolute atomic E-state index is 14.3. The van der Waals surface area contributed by atoms with E-state index in [1.807, 2.05) is 18.7 Å². The number of aryl methyl sites for hydroxylation is 2. The van der Waals surface area contributed by atoms with Gasteiger partial charge in [-0.05, 0) is 56.4 Å². The van der Waals surface area contributed by atoms with Crippen LogP contribution >= 0.6 is 11.6 Å². The number of benzene rings is 1. The smallest absolute Gasteiger partial charge is 0.245 e. The van der Waals surface area contributed by atoms with Crippen LogP contribution in [0.15, 0.2) is 24.5 Å². The summed E-state index contributed by atoms with van der Waals surface area (Å²) in [5, 5.41) is 3.51. The number of likely N-dealkylation sites (tertiary alicyclic amines) is 1. The molecule has 1 unspecified atom stereocenters. The highest BCUT2D eigenvalue weighted by Gasteiger charge is 2.37. The third-order valence-electron chi connectivity index (χ3n) is 5.99. The molecule has 2 aliphatic rings. The molecule has 8 heteroatoms. The Morgan fingerprint density at radius 2 is 1.79 bits per heavy atom. The molecule has 3 heterocycles. The highest BCUT2D eigenvalue weighted by Crippen LogP contribution is 2.27. The molecule has 6 nitrogen and oxygen atoms in total. The van der Waals surface area contributed by atoms with Crippen LogP contribution in [0, 0.1) is 19.7 Å². The second-order valence-electron chi connectivity index (χ2n) is 7.85. The fraction of sp³-hybridized carbons (Fsp3) is 0.476. The molecular weight excluding hydrogens is 393 g/mol. The van der Waals surface area contributed by atoms with Gasteiger partial charge in [0.1, 0.15) is 22.8 Å². The van der Waals surface area contributed by atoms with Crippen molar-refractivity contribution in [3.8, 4) is 0 Å². The first-order valence-corrected chi connectivity index (χ1v) is 10.4. The number of nitrogens with one attached hydrogen (secondary N) is 1. The van der Waals surface area contributed by atoms with Crippen LogP contribution in [0.2, 0.25) is 5.15 Å². The molecule has 0 spiro atoms. The van der Waals surface area contributed by atoms with Gasteiger partial charge in [0.15, 0.2) is 0 Å². The summed E-state index contributed by atoms with van der Waals surface area (Å²) >= 11 is 5.81. The molecule has 2 saturated heterocycles. The minimum atomic E-state index is -0.369. The van der Waals surface area contributed by atoms with E-state index in [1.54, 1.807) is 18.5 Å². The molecule has 0 radical (unpaired) electrons. The predicted molar refractivity (Wildman–Crippen MR) is 112 cm³/mol. The number of anilines is 2. The number of halogens is 2. The summed E-state index contributed by atoms with van der Waals surface area (Å²) in [5.74, 6) is 0.564. The van der Waals surface area contributed by atoms with E-state index >= 15 is 0 Å². The quantitative estimate of drug-likeness (QED) is 0.824. The summed E-state index contributed by atoms with van der Waals surface area (Å²) < 4.78 is 14.3. The molecule has 0 saturated carbocycles. The lowest BCUT2D eigenvalue weighted by Gasteiger charge is -2.37. The van der Waals surface area contributed by atoms with Crippen LogP contribution in [0.5, 0.6) is 0 Å². The molecule has 0 bridgehead atoms. The van der Waals surface area contributed by atoms with Crippen LogP contribution in [0.4, 0.5) is 15.9 Å². The number of hydrogen-bond acceptors (Lipinski definition) is 5. The Hall–Kier alpha value is -2.41. The Morgan fingerprint density at radius 3 is 2.48 bits per heavy atom. The van der Waals surface area contributed by atoms with Crippen molar-refractivity contribution in [1.82, 2.24) is 14.9 Å². The second-order valence-corrected chi connectivity index (χ2v) is 8.24. The molecule has 4 rings (SSSR count). The zero-order valence-corrected chi connectivity index (χ0v) is 17.4. The number of hydrogen-bond donors (Lipinski definition) is 1. The van der Waals surface area contributed by atoms with Gasteiger partial charge in [-0.25, -0.2) is 14.4 Å². The molecule has 0 aliphatic carbocycles. The van der Waals surface area contributed by atoms with Gasteiger partial charge in [-0.2, -0.15) is 0 Å². The van der Waals surface area contributed by atoms with E-state index < -0.39 is 0 Å². The molecule has 1 aromatic heterocycles. The predicted octanol–water partition coefficient (Wildman–Crippen LogP) is 3.57. The number of amides is 1. The van der Waals surface area contributed by atoms with Gasteiger partial charge < -0.3 is 15.1 Å². The average molecular weight is 418 g/mol. The topological polar surface area (TPSA) is 61.4 Å². The van der Waals surface area contributed by atoms with Crippen molar-refractivity contribution in [2.75, 3.05) is 29.9 Å². The van der Waals surface area contributed by atoms with Crippen LogP contribution in [0.3, 0.4) is 0 Å². The highest BCUT2D eigenvalue weighted by molar-refractivity contribution is 6.29. The summed E-state index contributed by atoms with van der Waals surface area (Å²) in [6.07, 6.45) is 5.67. The normalized spacial score (nSPS) is 20.4. The van der Waals surface area contributed by atoms with E-state index in [2.05, 4.69) is 20.2 Å². The van der Waals surface area contributed by atoms with Gasteiger partial charge in [0, 0.05) is 25.7 Å². The van der Waals surface area contributed by atoms with Crippen molar-refractivity contribution in [3.05, 3.63) is 46.6 Å². The van der Waals surface area contributed by atoms with Crippen molar-refractivity contribution in [2.45, 2.75) is 45.2 Å². The molecule has 1 atom stereocenters. The Kier molecular flexibility index (Phi) is 5.58. The number of carbonyl (C=O) groups excluding carboxylic acids is 1. The first-order chi connectivity index (χ1) is 13.9. The molecule has 2 aliphatic heterocycles. The molecule has 2 fully saturated rings. The van der Waals surface area contributed by atoms with Gasteiger partial charge in [0.05, 0.1) is 18.1 Å². The maximum atomic E-state index is 14.3. The van der Waals surface area contributed by atoms with Crippen molar-refractivity contribution < 1.29 is 9.18 Å². The zero-order chi connectivity index (χ0) is 20.5. The SMILES string of the molecule is Cc1cc(F)c(NC2CCN(C3CCN(c4cnc(Cl)cn4)CC3)C2=O)cc1C. The first kappa shape index (κ1) is 19.9. The Morgan fingerprint density at radius 1 is 1.07 bits per heavy atom. The molecule has 2 aromatic rings. The van der Waals surface area contributed by atoms with E-state index in [0.717, 1.165) is 42.9 Å². The third kappa shape index (κ3) is 4.15. The van der Waals surface area contributed by atoms with Crippen molar-refractivity contribution >= 4 is 29.0 Å². The standard InChI is InChI=1S/C21H25ClFN5O/c1-13-9-16(23)18(10-14(13)2)26-17-5-8-28(21(17)29)15-3-6-27(7-4-15)20-12-24-19(22)11-25-20/h9-12,15,17,26H,3-8H2,1-2H3. The molecule has 1 amide bonds. The fourth-order valence-electron chi connectivity index (χ4n) is 4.15. The van der Waals surface area contributed by atoms with E-state index in [4.69, 9.17) is 11.6 Å². The lowest BCUT2D eigenvalue weighted by atomic mass is 10.0. The van der Waals surface area contributed by atoms with Crippen LogP contribution < -0.4 is 10.2 Å². The molecule has 1 N–H and O–H groups in total. The lowest BCUT2D eigenvalue weighted by Crippen LogP contribution is -2.47. The van der Waals surface area contributed by atoms with Crippen molar-refractivity contribution in [2.24, 2.45) is 0 Å². The summed E-state index contributed by atoms with van der Waals surface area (Å²) in [6, 6.07) is 3.14. The van der Waals surface area contributed by atoms with E-state index in [9.17, 15) is 9.18 Å². The summed E-state index contributed by atoms with van der Waals surface area (Å²) in [4.78, 5) is 25.5. The van der Waals surface area contributed by atoms with E-state index in [0.29, 0.717) is 23.8 Å². The molecule has 1 aromatic carbocycles. The monoisotopic (exact) mass is 417 g/mol. The van der Waals surface area contributed by atoms with Gasteiger partial charge in [0.25, 0.3) is 0 Å². The van der Waals surface area contributed by atoms with Crippen LogP contribution in [0.1, 0.15) is 30.4 Å². The van der Waals surface area contributed by atoms with Gasteiger partial charge >= 0.3 is 0 Å². The zero-order valence-electron chi connectivity index (χ0n) is 16.7. The fourth-order valence-corrected chi connectivity index (χ4v) is 4.25. The van der Waals surface area contributed by atoms with Crippen LogP contribution in [0.25, 0.3) is 0 Å². The second kappa shape index (κ2) is 8.14. The first-order valence-electron chi connectivity index (χ1n) is 9.98. The molecule has 154 valence electrons. The summed E-state index contributed by atoms with van der Waals surface area (Å²) in [6.45, 7) is 6.16. The molecule has 29 heavy (non-hydrogen) atoms. The summed E-state index contributed by atoms with van der Waals surface area (Å²) in [7, 11) is 0. The minimum absolute atomic E-state index is 0.0624. The lowest BCUT2D eigenvalue weighted by molar-refractivity contribution is -0.130. The van der Waals surface area contributed by atoms with Gasteiger partial charge in [-0.3, -0.25) is 4.79 Å². The van der Waals surface area contributed by atoms with E-state index in [1.165, 1.54) is 6.07 Å². The van der Waals surface area contributed by atoms with Gasteiger partial charge in [0.2, 0.25) is 5.91 Å². The number of rotatable bonds is 4. The van der Waals surface area contributed by atoms with Crippen LogP contribution in [-0.2, 0) is 4.79 Å². The highest BCUT2D eigenvalue weighted by atomic mass is 35.5. The Bertz CT molecular complexity index is 899. The average Bonchev–Trinajstić information content (AvgIpc) is 3.07. The van der Waals surface area contributed by atoms with Gasteiger partial charge in [-0.15, -0.1) is 0 Å². The largest absolute Gasteiger partial charge is 0.371 e. The maximum Gasteiger partial charge on any atom is 0.245 e. The Balaban J connectivity index is 1.36. The molecular formula is C21H25ClFN5O. The van der Waals surface area contributed by atoms with Crippen LogP contribution in [-0.4, -0.2) is 52.5 Å². The minimum Gasteiger partial charge on any atom is -0.371 e.